The molecule has 0 spiro atoms. The quantitative estimate of drug-likeness (QED) is 0.733. The maximum atomic E-state index is 12.8. The number of hydrogen-bond donors (Lipinski definition) is 1. The van der Waals surface area contributed by atoms with Crippen LogP contribution in [0.3, 0.4) is 0 Å². The second-order valence-electron chi connectivity index (χ2n) is 5.94. The van der Waals surface area contributed by atoms with Gasteiger partial charge in [0.05, 0.1) is 19.0 Å². The van der Waals surface area contributed by atoms with Crippen molar-refractivity contribution in [3.8, 4) is 11.3 Å². The minimum atomic E-state index is -0.516. The molecule has 0 fully saturated rings. The number of hydrogen-bond acceptors (Lipinski definition) is 4. The summed E-state index contributed by atoms with van der Waals surface area (Å²) in [7, 11) is 1.31. The van der Waals surface area contributed by atoms with Crippen molar-refractivity contribution < 1.29 is 9.53 Å². The van der Waals surface area contributed by atoms with E-state index in [-0.39, 0.29) is 11.1 Å². The normalized spacial score (nSPS) is 12.8. The summed E-state index contributed by atoms with van der Waals surface area (Å²) in [6, 6.07) is 6.32. The summed E-state index contributed by atoms with van der Waals surface area (Å²) in [6.07, 6.45) is 3.83. The van der Waals surface area contributed by atoms with Gasteiger partial charge in [0.15, 0.2) is 5.65 Å². The number of carbonyl (C=O) groups is 1. The largest absolute Gasteiger partial charge is 0.465 e. The molecule has 0 bridgehead atoms. The Labute approximate surface area is 138 Å². The first-order chi connectivity index (χ1) is 11.6. The Morgan fingerprint density at radius 2 is 2.21 bits per heavy atom. The molecule has 24 heavy (non-hydrogen) atoms. The van der Waals surface area contributed by atoms with E-state index in [2.05, 4.69) is 29.1 Å². The molecule has 0 saturated carbocycles. The molecule has 0 atom stereocenters. The zero-order chi connectivity index (χ0) is 16.8. The molecule has 2 heterocycles. The third-order valence-electron chi connectivity index (χ3n) is 4.66. The Kier molecular flexibility index (Phi) is 3.26. The number of benzene rings is 1. The van der Waals surface area contributed by atoms with Gasteiger partial charge in [0.1, 0.15) is 5.56 Å². The fourth-order valence-corrected chi connectivity index (χ4v) is 3.35. The van der Waals surface area contributed by atoms with E-state index in [1.54, 1.807) is 0 Å². The first-order valence-electron chi connectivity index (χ1n) is 7.97. The van der Waals surface area contributed by atoms with Crippen LogP contribution >= 0.6 is 0 Å². The van der Waals surface area contributed by atoms with Crippen LogP contribution in [0.1, 0.15) is 34.0 Å². The molecule has 1 aliphatic rings. The topological polar surface area (TPSA) is 76.5 Å². The number of methoxy groups -OCH3 is 1. The van der Waals surface area contributed by atoms with Crippen LogP contribution in [0.25, 0.3) is 16.9 Å². The van der Waals surface area contributed by atoms with Crippen LogP contribution in [0, 0.1) is 0 Å². The van der Waals surface area contributed by atoms with Crippen LogP contribution < -0.4 is 5.56 Å². The number of fused-ring (bicyclic) bond motifs is 4. The van der Waals surface area contributed by atoms with Gasteiger partial charge in [-0.3, -0.25) is 4.79 Å². The SMILES string of the molecule is CCc1ccc2c(c1)CCc1c-2[nH]c2c(C(=O)OC)cnn2c1=O. The van der Waals surface area contributed by atoms with Crippen molar-refractivity contribution in [2.45, 2.75) is 26.2 Å². The van der Waals surface area contributed by atoms with E-state index in [1.807, 2.05) is 6.07 Å². The number of nitrogens with zero attached hydrogens (tertiary/aromatic N) is 2. The van der Waals surface area contributed by atoms with Crippen molar-refractivity contribution in [2.24, 2.45) is 0 Å². The van der Waals surface area contributed by atoms with Crippen molar-refractivity contribution in [1.82, 2.24) is 14.6 Å². The van der Waals surface area contributed by atoms with Gasteiger partial charge >= 0.3 is 5.97 Å². The number of carbonyl (C=O) groups excluding carboxylic acids is 1. The van der Waals surface area contributed by atoms with Crippen LogP contribution in [0.4, 0.5) is 0 Å². The third-order valence-corrected chi connectivity index (χ3v) is 4.66. The zero-order valence-corrected chi connectivity index (χ0v) is 13.5. The second kappa shape index (κ2) is 5.33. The number of H-pyrrole nitrogens is 1. The van der Waals surface area contributed by atoms with Crippen molar-refractivity contribution in [3.05, 3.63) is 57.0 Å². The molecular weight excluding hydrogens is 306 g/mol. The van der Waals surface area contributed by atoms with Crippen LogP contribution in [-0.4, -0.2) is 27.7 Å². The summed E-state index contributed by atoms with van der Waals surface area (Å²) in [6.45, 7) is 2.12. The first-order valence-corrected chi connectivity index (χ1v) is 7.97. The van der Waals surface area contributed by atoms with Crippen LogP contribution in [-0.2, 0) is 24.0 Å². The molecule has 0 aliphatic heterocycles. The molecule has 3 aromatic rings. The number of rotatable bonds is 2. The number of aromatic amines is 1. The Morgan fingerprint density at radius 3 is 2.96 bits per heavy atom. The molecule has 4 rings (SSSR count). The van der Waals surface area contributed by atoms with Crippen molar-refractivity contribution >= 4 is 11.6 Å². The molecule has 1 N–H and O–H groups in total. The van der Waals surface area contributed by atoms with Gasteiger partial charge < -0.3 is 9.72 Å². The number of aryl methyl sites for hydroxylation is 2. The minimum Gasteiger partial charge on any atom is -0.465 e. The summed E-state index contributed by atoms with van der Waals surface area (Å²) in [4.78, 5) is 27.9. The lowest BCUT2D eigenvalue weighted by atomic mass is 9.88. The highest BCUT2D eigenvalue weighted by molar-refractivity contribution is 5.95. The van der Waals surface area contributed by atoms with E-state index in [4.69, 9.17) is 4.74 Å². The molecule has 0 unspecified atom stereocenters. The van der Waals surface area contributed by atoms with Gasteiger partial charge in [-0.25, -0.2) is 4.79 Å². The second-order valence-corrected chi connectivity index (χ2v) is 5.94. The number of esters is 1. The average molecular weight is 323 g/mol. The maximum absolute atomic E-state index is 12.8. The monoisotopic (exact) mass is 323 g/mol. The molecule has 1 aromatic carbocycles. The van der Waals surface area contributed by atoms with Gasteiger partial charge in [-0.2, -0.15) is 9.61 Å². The molecule has 0 saturated heterocycles. The van der Waals surface area contributed by atoms with Crippen molar-refractivity contribution in [2.75, 3.05) is 7.11 Å². The molecule has 6 heteroatoms. The van der Waals surface area contributed by atoms with E-state index in [1.165, 1.54) is 28.9 Å². The Hall–Kier alpha value is -2.89. The molecular formula is C18H17N3O3. The highest BCUT2D eigenvalue weighted by Crippen LogP contribution is 2.31. The van der Waals surface area contributed by atoms with Crippen molar-refractivity contribution in [3.63, 3.8) is 0 Å². The predicted octanol–water partition coefficient (Wildman–Crippen LogP) is 2.14. The lowest BCUT2D eigenvalue weighted by Gasteiger charge is -2.20. The van der Waals surface area contributed by atoms with Gasteiger partial charge in [0, 0.05) is 11.1 Å². The first kappa shape index (κ1) is 14.7. The fourth-order valence-electron chi connectivity index (χ4n) is 3.35. The summed E-state index contributed by atoms with van der Waals surface area (Å²) in [5, 5.41) is 4.05. The van der Waals surface area contributed by atoms with Crippen LogP contribution in [0.2, 0.25) is 0 Å². The van der Waals surface area contributed by atoms with E-state index in [0.717, 1.165) is 24.1 Å². The van der Waals surface area contributed by atoms with Gasteiger partial charge in [0.25, 0.3) is 5.56 Å². The number of nitrogens with one attached hydrogen (secondary N) is 1. The van der Waals surface area contributed by atoms with Gasteiger partial charge in [-0.05, 0) is 30.4 Å². The third kappa shape index (κ3) is 1.99. The number of aromatic nitrogens is 3. The fraction of sp³-hybridized carbons (Fsp3) is 0.278. The molecule has 2 aromatic heterocycles. The predicted molar refractivity (Wildman–Crippen MR) is 89.4 cm³/mol. The lowest BCUT2D eigenvalue weighted by Crippen LogP contribution is -2.24. The van der Waals surface area contributed by atoms with Gasteiger partial charge in [-0.1, -0.05) is 25.1 Å². The zero-order valence-electron chi connectivity index (χ0n) is 13.5. The summed E-state index contributed by atoms with van der Waals surface area (Å²) in [5.74, 6) is -0.516. The molecule has 1 aliphatic carbocycles. The molecule has 0 radical (unpaired) electrons. The van der Waals surface area contributed by atoms with Gasteiger partial charge in [-0.15, -0.1) is 0 Å². The molecule has 122 valence electrons. The smallest absolute Gasteiger partial charge is 0.343 e. The summed E-state index contributed by atoms with van der Waals surface area (Å²) < 4.78 is 6.02. The Morgan fingerprint density at radius 1 is 1.38 bits per heavy atom. The maximum Gasteiger partial charge on any atom is 0.343 e. The summed E-state index contributed by atoms with van der Waals surface area (Å²) in [5.41, 5.74) is 5.46. The average Bonchev–Trinajstić information content (AvgIpc) is 3.04. The van der Waals surface area contributed by atoms with E-state index in [9.17, 15) is 9.59 Å². The van der Waals surface area contributed by atoms with Crippen molar-refractivity contribution in [1.29, 1.82) is 0 Å². The minimum absolute atomic E-state index is 0.181. The highest BCUT2D eigenvalue weighted by atomic mass is 16.5. The van der Waals surface area contributed by atoms with E-state index >= 15 is 0 Å². The lowest BCUT2D eigenvalue weighted by molar-refractivity contribution is 0.0602. The molecule has 0 amide bonds. The Bertz CT molecular complexity index is 1030. The van der Waals surface area contributed by atoms with E-state index in [0.29, 0.717) is 17.6 Å². The van der Waals surface area contributed by atoms with Crippen LogP contribution in [0.15, 0.2) is 29.2 Å². The standard InChI is InChI=1S/C18H17N3O3/c1-3-10-4-6-12-11(8-10)5-7-13-15(12)20-16-14(18(23)24-2)9-19-21(16)17(13)22/h4,6,8-9,20H,3,5,7H2,1-2H3. The van der Waals surface area contributed by atoms with Gasteiger partial charge in [0.2, 0.25) is 0 Å². The van der Waals surface area contributed by atoms with Crippen LogP contribution in [0.5, 0.6) is 0 Å². The molecule has 6 nitrogen and oxygen atoms in total. The number of ether oxygens (including phenoxy) is 1. The van der Waals surface area contributed by atoms with E-state index < -0.39 is 5.97 Å². The highest BCUT2D eigenvalue weighted by Gasteiger charge is 2.24. The summed E-state index contributed by atoms with van der Waals surface area (Å²) >= 11 is 0. The Balaban J connectivity index is 2.01.